The Morgan fingerprint density at radius 1 is 1.09 bits per heavy atom. The number of aryl methyl sites for hydroxylation is 2. The fraction of sp³-hybridized carbons (Fsp3) is 0.393. The van der Waals surface area contributed by atoms with Gasteiger partial charge in [0, 0.05) is 18.0 Å². The number of hydrogen-bond acceptors (Lipinski definition) is 3. The third-order valence-electron chi connectivity index (χ3n) is 5.64. The van der Waals surface area contributed by atoms with Gasteiger partial charge in [0.15, 0.2) is 0 Å². The second kappa shape index (κ2) is 10.6. The van der Waals surface area contributed by atoms with E-state index in [0.29, 0.717) is 22.9 Å². The standard InChI is InChI=1S/C28H35ClN4O2/c1-18(2)16-32(27(35)21-10-8-9-11-22(21)29)17-26(34)30-25-15-24(28(5,6)7)31-33(25)23-13-12-19(3)14-20(23)4/h8-15,18H,16-17H2,1-7H3,(H,30,34). The van der Waals surface area contributed by atoms with Crippen molar-refractivity contribution in [1.29, 1.82) is 0 Å². The first-order valence-electron chi connectivity index (χ1n) is 11.9. The van der Waals surface area contributed by atoms with Gasteiger partial charge in [0.25, 0.3) is 5.91 Å². The number of carbonyl (C=O) groups is 2. The Balaban J connectivity index is 1.91. The molecule has 6 nitrogen and oxygen atoms in total. The third kappa shape index (κ3) is 6.51. The highest BCUT2D eigenvalue weighted by Crippen LogP contribution is 2.28. The number of rotatable bonds is 7. The summed E-state index contributed by atoms with van der Waals surface area (Å²) < 4.78 is 1.77. The molecule has 0 bridgehead atoms. The molecule has 0 aliphatic rings. The second-order valence-electron chi connectivity index (χ2n) is 10.5. The molecule has 0 unspecified atom stereocenters. The summed E-state index contributed by atoms with van der Waals surface area (Å²) in [5.74, 6) is 0.194. The van der Waals surface area contributed by atoms with Crippen LogP contribution in [0.1, 0.15) is 61.8 Å². The van der Waals surface area contributed by atoms with Crippen LogP contribution in [-0.4, -0.2) is 39.6 Å². The molecule has 0 spiro atoms. The van der Waals surface area contributed by atoms with Crippen LogP contribution in [0.2, 0.25) is 5.02 Å². The lowest BCUT2D eigenvalue weighted by atomic mass is 9.92. The van der Waals surface area contributed by atoms with Crippen LogP contribution in [-0.2, 0) is 10.2 Å². The Kier molecular flexibility index (Phi) is 8.06. The molecular formula is C28H35ClN4O2. The van der Waals surface area contributed by atoms with Gasteiger partial charge in [-0.1, -0.05) is 76.0 Å². The molecule has 3 aromatic rings. The maximum Gasteiger partial charge on any atom is 0.255 e. The van der Waals surface area contributed by atoms with Crippen LogP contribution in [0, 0.1) is 19.8 Å². The van der Waals surface area contributed by atoms with E-state index >= 15 is 0 Å². The van der Waals surface area contributed by atoms with Gasteiger partial charge in [-0.25, -0.2) is 4.68 Å². The normalized spacial score (nSPS) is 11.6. The highest BCUT2D eigenvalue weighted by Gasteiger charge is 2.25. The maximum absolute atomic E-state index is 13.2. The van der Waals surface area contributed by atoms with Crippen molar-refractivity contribution in [2.45, 2.75) is 53.9 Å². The van der Waals surface area contributed by atoms with Gasteiger partial charge in [0.2, 0.25) is 5.91 Å². The van der Waals surface area contributed by atoms with Gasteiger partial charge >= 0.3 is 0 Å². The molecule has 186 valence electrons. The van der Waals surface area contributed by atoms with E-state index in [2.05, 4.69) is 32.2 Å². The van der Waals surface area contributed by atoms with Crippen molar-refractivity contribution in [3.8, 4) is 5.69 Å². The number of nitrogens with zero attached hydrogens (tertiary/aromatic N) is 3. The molecule has 0 radical (unpaired) electrons. The van der Waals surface area contributed by atoms with Crippen LogP contribution < -0.4 is 5.32 Å². The molecule has 7 heteroatoms. The molecule has 0 aliphatic carbocycles. The van der Waals surface area contributed by atoms with Crippen molar-refractivity contribution in [2.24, 2.45) is 5.92 Å². The minimum atomic E-state index is -0.294. The van der Waals surface area contributed by atoms with Gasteiger partial charge in [-0.2, -0.15) is 5.10 Å². The summed E-state index contributed by atoms with van der Waals surface area (Å²) >= 11 is 6.27. The molecular weight excluding hydrogens is 460 g/mol. The SMILES string of the molecule is Cc1ccc(-n2nc(C(C)(C)C)cc2NC(=O)CN(CC(C)C)C(=O)c2ccccc2Cl)c(C)c1. The van der Waals surface area contributed by atoms with E-state index in [0.717, 1.165) is 22.5 Å². The van der Waals surface area contributed by atoms with E-state index < -0.39 is 0 Å². The Labute approximate surface area is 213 Å². The highest BCUT2D eigenvalue weighted by atomic mass is 35.5. The lowest BCUT2D eigenvalue weighted by Crippen LogP contribution is -2.40. The minimum Gasteiger partial charge on any atom is -0.329 e. The van der Waals surface area contributed by atoms with Gasteiger partial charge in [-0.05, 0) is 43.5 Å². The highest BCUT2D eigenvalue weighted by molar-refractivity contribution is 6.33. The number of nitrogens with one attached hydrogen (secondary N) is 1. The van der Waals surface area contributed by atoms with E-state index in [1.54, 1.807) is 33.8 Å². The van der Waals surface area contributed by atoms with Crippen molar-refractivity contribution in [2.75, 3.05) is 18.4 Å². The molecule has 0 saturated heterocycles. The Hall–Kier alpha value is -3.12. The molecule has 2 amide bonds. The molecule has 0 fully saturated rings. The quantitative estimate of drug-likeness (QED) is 0.426. The van der Waals surface area contributed by atoms with Crippen LogP contribution >= 0.6 is 11.6 Å². The third-order valence-corrected chi connectivity index (χ3v) is 5.97. The summed E-state index contributed by atoms with van der Waals surface area (Å²) in [6, 6.07) is 14.9. The van der Waals surface area contributed by atoms with Gasteiger partial charge in [-0.15, -0.1) is 0 Å². The first-order chi connectivity index (χ1) is 16.4. The summed E-state index contributed by atoms with van der Waals surface area (Å²) in [7, 11) is 0. The fourth-order valence-corrected chi connectivity index (χ4v) is 4.10. The van der Waals surface area contributed by atoms with Crippen molar-refractivity contribution in [3.63, 3.8) is 0 Å². The zero-order valence-corrected chi connectivity index (χ0v) is 22.4. The second-order valence-corrected chi connectivity index (χ2v) is 10.9. The smallest absolute Gasteiger partial charge is 0.255 e. The van der Waals surface area contributed by atoms with Crippen LogP contribution in [0.3, 0.4) is 0 Å². The van der Waals surface area contributed by atoms with E-state index in [9.17, 15) is 9.59 Å². The first-order valence-corrected chi connectivity index (χ1v) is 12.3. The average molecular weight is 495 g/mol. The molecule has 1 aromatic heterocycles. The summed E-state index contributed by atoms with van der Waals surface area (Å²) in [5, 5.41) is 8.19. The number of anilines is 1. The van der Waals surface area contributed by atoms with E-state index in [4.69, 9.17) is 16.7 Å². The Bertz CT molecular complexity index is 1220. The molecule has 1 heterocycles. The first kappa shape index (κ1) is 26.5. The van der Waals surface area contributed by atoms with Crippen molar-refractivity contribution >= 4 is 29.2 Å². The van der Waals surface area contributed by atoms with Gasteiger partial charge in [0.1, 0.15) is 12.4 Å². The minimum absolute atomic E-state index is 0.0921. The Morgan fingerprint density at radius 3 is 2.37 bits per heavy atom. The predicted molar refractivity (Wildman–Crippen MR) is 143 cm³/mol. The molecule has 0 aliphatic heterocycles. The van der Waals surface area contributed by atoms with Gasteiger partial charge in [-0.3, -0.25) is 9.59 Å². The lowest BCUT2D eigenvalue weighted by molar-refractivity contribution is -0.117. The van der Waals surface area contributed by atoms with Crippen molar-refractivity contribution < 1.29 is 9.59 Å². The van der Waals surface area contributed by atoms with E-state index in [1.807, 2.05) is 45.9 Å². The molecule has 35 heavy (non-hydrogen) atoms. The number of aromatic nitrogens is 2. The van der Waals surface area contributed by atoms with E-state index in [1.165, 1.54) is 0 Å². The molecule has 2 aromatic carbocycles. The topological polar surface area (TPSA) is 67.2 Å². The van der Waals surface area contributed by atoms with E-state index in [-0.39, 0.29) is 29.7 Å². The van der Waals surface area contributed by atoms with Crippen molar-refractivity contribution in [1.82, 2.24) is 14.7 Å². The molecule has 0 atom stereocenters. The predicted octanol–water partition coefficient (Wildman–Crippen LogP) is 6.18. The number of benzene rings is 2. The summed E-state index contributed by atoms with van der Waals surface area (Å²) in [6.45, 7) is 14.7. The summed E-state index contributed by atoms with van der Waals surface area (Å²) in [5.41, 5.74) is 4.15. The van der Waals surface area contributed by atoms with Gasteiger partial charge < -0.3 is 10.2 Å². The number of amides is 2. The number of hydrogen-bond donors (Lipinski definition) is 1. The zero-order chi connectivity index (χ0) is 25.9. The van der Waals surface area contributed by atoms with Crippen LogP contribution in [0.25, 0.3) is 5.69 Å². The van der Waals surface area contributed by atoms with Gasteiger partial charge in [0.05, 0.1) is 22.0 Å². The molecule has 0 saturated carbocycles. The number of carbonyl (C=O) groups excluding carboxylic acids is 2. The largest absolute Gasteiger partial charge is 0.329 e. The Morgan fingerprint density at radius 2 is 1.77 bits per heavy atom. The molecule has 1 N–H and O–H groups in total. The lowest BCUT2D eigenvalue weighted by Gasteiger charge is -2.24. The summed E-state index contributed by atoms with van der Waals surface area (Å²) in [4.78, 5) is 28.0. The summed E-state index contributed by atoms with van der Waals surface area (Å²) in [6.07, 6.45) is 0. The number of halogens is 1. The van der Waals surface area contributed by atoms with Crippen LogP contribution in [0.15, 0.2) is 48.5 Å². The average Bonchev–Trinajstić information content (AvgIpc) is 3.16. The fourth-order valence-electron chi connectivity index (χ4n) is 3.88. The monoisotopic (exact) mass is 494 g/mol. The maximum atomic E-state index is 13.2. The van der Waals surface area contributed by atoms with Crippen LogP contribution in [0.4, 0.5) is 5.82 Å². The zero-order valence-electron chi connectivity index (χ0n) is 21.6. The van der Waals surface area contributed by atoms with Crippen LogP contribution in [0.5, 0.6) is 0 Å². The molecule has 3 rings (SSSR count). The van der Waals surface area contributed by atoms with Crippen molar-refractivity contribution in [3.05, 3.63) is 75.9 Å².